The summed E-state index contributed by atoms with van der Waals surface area (Å²) < 4.78 is 5.22. The Morgan fingerprint density at radius 1 is 0.967 bits per heavy atom. The number of carbonyl (C=O) groups is 2. The molecule has 0 aliphatic rings. The molecule has 2 N–H and O–H groups in total. The molecule has 5 nitrogen and oxygen atoms in total. The summed E-state index contributed by atoms with van der Waals surface area (Å²) in [5.41, 5.74) is 4.06. The fraction of sp³-hybridized carbons (Fsp3) is 0.130. The van der Waals surface area contributed by atoms with Crippen LogP contribution in [0.2, 0.25) is 10.0 Å². The van der Waals surface area contributed by atoms with Crippen molar-refractivity contribution < 1.29 is 31.0 Å². The van der Waals surface area contributed by atoms with Gasteiger partial charge in [-0.05, 0) is 34.4 Å². The zero-order valence-corrected chi connectivity index (χ0v) is 17.5. The molecule has 0 aliphatic heterocycles. The van der Waals surface area contributed by atoms with Crippen LogP contribution in [0.25, 0.3) is 11.1 Å². The van der Waals surface area contributed by atoms with Gasteiger partial charge in [-0.1, -0.05) is 60.1 Å². The molecule has 3 aromatic rings. The van der Waals surface area contributed by atoms with Gasteiger partial charge < -0.3 is 15.2 Å². The number of carbonyl (C=O) groups excluding carboxylic acids is 1. The first-order chi connectivity index (χ1) is 14.4. The lowest BCUT2D eigenvalue weighted by Gasteiger charge is -2.10. The van der Waals surface area contributed by atoms with Gasteiger partial charge in [-0.25, -0.2) is 4.79 Å². The Morgan fingerprint density at radius 2 is 1.60 bits per heavy atom. The summed E-state index contributed by atoms with van der Waals surface area (Å²) in [6.07, 6.45) is -0.601. The molecule has 0 bridgehead atoms. The highest BCUT2D eigenvalue weighted by atomic mass is 35.5. The van der Waals surface area contributed by atoms with Gasteiger partial charge in [0.25, 0.3) is 0 Å². The summed E-state index contributed by atoms with van der Waals surface area (Å²) in [5, 5.41) is 12.7. The molecule has 30 heavy (non-hydrogen) atoms. The lowest BCUT2D eigenvalue weighted by atomic mass is 10.00. The van der Waals surface area contributed by atoms with Crippen LogP contribution in [0.5, 0.6) is 0 Å². The summed E-state index contributed by atoms with van der Waals surface area (Å²) >= 11 is 11.3. The molecule has 0 heterocycles. The molecular formula is C23H20Cl2NO4+. The number of nitrogens with one attached hydrogen (secondary N) is 1. The smallest absolute Gasteiger partial charge is 0.407 e. The summed E-state index contributed by atoms with van der Waals surface area (Å²) in [7, 11) is 0. The Labute approximate surface area is 184 Å². The lowest BCUT2D eigenvalue weighted by molar-refractivity contribution is -0.290. The van der Waals surface area contributed by atoms with Gasteiger partial charge in [-0.2, -0.15) is 0 Å². The van der Waals surface area contributed by atoms with E-state index in [-0.39, 0.29) is 19.6 Å². The van der Waals surface area contributed by atoms with Gasteiger partial charge >= 0.3 is 12.1 Å². The van der Waals surface area contributed by atoms with Crippen molar-refractivity contribution in [3.05, 3.63) is 93.5 Å². The van der Waals surface area contributed by atoms with E-state index < -0.39 is 12.1 Å². The van der Waals surface area contributed by atoms with E-state index >= 15 is 0 Å². The van der Waals surface area contributed by atoms with Gasteiger partial charge in [0.1, 0.15) is 6.61 Å². The molecule has 0 unspecified atom stereocenters. The first-order valence-electron chi connectivity index (χ1n) is 9.17. The maximum Gasteiger partial charge on any atom is 0.407 e. The van der Waals surface area contributed by atoms with E-state index in [0.717, 1.165) is 22.3 Å². The van der Waals surface area contributed by atoms with Crippen LogP contribution in [0, 0.1) is 11.6 Å². The molecule has 0 atom stereocenters. The van der Waals surface area contributed by atoms with Crippen molar-refractivity contribution in [1.82, 2.24) is 5.32 Å². The fourth-order valence-corrected chi connectivity index (χ4v) is 3.47. The number of hydrogen-bond donors (Lipinski definition) is 2. The number of ether oxygens (including phenoxy) is 1. The predicted molar refractivity (Wildman–Crippen MR) is 112 cm³/mol. The van der Waals surface area contributed by atoms with E-state index in [4.69, 9.17) is 33.0 Å². The monoisotopic (exact) mass is 444 g/mol. The average Bonchev–Trinajstić information content (AvgIpc) is 2.72. The molecule has 0 aromatic heterocycles. The summed E-state index contributed by atoms with van der Waals surface area (Å²) in [6.45, 7) is 0.283. The second kappa shape index (κ2) is 10.1. The lowest BCUT2D eigenvalue weighted by Crippen LogP contribution is -2.23. The van der Waals surface area contributed by atoms with Gasteiger partial charge in [0, 0.05) is 12.6 Å². The first kappa shape index (κ1) is 21.7. The van der Waals surface area contributed by atoms with E-state index in [9.17, 15) is 9.59 Å². The normalized spacial score (nSPS) is 10.5. The number of aliphatic carboxylic acids is 1. The second-order valence-electron chi connectivity index (χ2n) is 6.62. The van der Waals surface area contributed by atoms with Crippen LogP contribution in [0.4, 0.5) is 4.79 Å². The minimum absolute atomic E-state index is 0.000743. The van der Waals surface area contributed by atoms with Crippen molar-refractivity contribution in [2.24, 2.45) is 0 Å². The highest BCUT2D eigenvalue weighted by molar-refractivity contribution is 6.31. The molecule has 7 heteroatoms. The molecule has 3 rings (SSSR count). The number of benzene rings is 3. The highest BCUT2D eigenvalue weighted by Gasteiger charge is 2.13. The Bertz CT molecular complexity index is 1050. The van der Waals surface area contributed by atoms with Crippen LogP contribution in [-0.4, -0.2) is 17.2 Å². The minimum Gasteiger partial charge on any atom is -0.481 e. The van der Waals surface area contributed by atoms with E-state index in [0.29, 0.717) is 15.6 Å². The van der Waals surface area contributed by atoms with Crippen molar-refractivity contribution in [2.45, 2.75) is 19.6 Å². The average molecular weight is 445 g/mol. The third kappa shape index (κ3) is 5.99. The van der Waals surface area contributed by atoms with E-state index in [1.165, 1.54) is 0 Å². The molecule has 3 aromatic carbocycles. The Hall–Kier alpha value is -3.02. The molecule has 1 amide bonds. The van der Waals surface area contributed by atoms with E-state index in [2.05, 4.69) is 5.32 Å². The van der Waals surface area contributed by atoms with Crippen LogP contribution in [0.3, 0.4) is 0 Å². The number of rotatable bonds is 7. The largest absolute Gasteiger partial charge is 0.481 e. The SMILES string of the molecule is O=C(O)Cc1cccc(-c2cccc(CNC(=O)OCc3c(Cl)cccc3[ClH+])c2)c1. The number of alkyl carbamates (subject to hydrolysis) is 1. The van der Waals surface area contributed by atoms with Gasteiger partial charge in [-0.15, -0.1) is 0 Å². The van der Waals surface area contributed by atoms with Crippen molar-refractivity contribution in [3.63, 3.8) is 0 Å². The van der Waals surface area contributed by atoms with Gasteiger partial charge in [0.2, 0.25) is 5.02 Å². The third-order valence-electron chi connectivity index (χ3n) is 4.40. The molecule has 0 fully saturated rings. The summed E-state index contributed by atoms with van der Waals surface area (Å²) in [6, 6.07) is 20.2. The molecule has 0 radical (unpaired) electrons. The Kier molecular flexibility index (Phi) is 7.33. The van der Waals surface area contributed by atoms with Gasteiger partial charge in [0.15, 0.2) is 11.6 Å². The van der Waals surface area contributed by atoms with Crippen molar-refractivity contribution in [1.29, 1.82) is 0 Å². The summed E-state index contributed by atoms with van der Waals surface area (Å²) in [4.78, 5) is 23.0. The Morgan fingerprint density at radius 3 is 2.27 bits per heavy atom. The van der Waals surface area contributed by atoms with Gasteiger partial charge in [-0.3, -0.25) is 4.79 Å². The number of amides is 1. The Balaban J connectivity index is 1.60. The van der Waals surface area contributed by atoms with E-state index in [1.807, 2.05) is 42.5 Å². The standard InChI is InChI=1S/C23H19Cl2NO4/c24-20-8-3-9-21(25)19(20)14-30-23(29)26-13-16-5-2-7-18(11-16)17-6-1-4-15(10-17)12-22(27)28/h1-11,24H,12-14H2,(H-,26,27,28,29)/p+1. The summed E-state index contributed by atoms with van der Waals surface area (Å²) in [5.74, 6) is -0.872. The van der Waals surface area contributed by atoms with Crippen LogP contribution in [0.1, 0.15) is 16.7 Å². The maximum atomic E-state index is 12.0. The zero-order valence-electron chi connectivity index (χ0n) is 15.9. The number of carboxylic acids is 1. The first-order valence-corrected chi connectivity index (χ1v) is 9.96. The highest BCUT2D eigenvalue weighted by Crippen LogP contribution is 2.23. The second-order valence-corrected chi connectivity index (χ2v) is 7.46. The number of carboxylic acid groups (broad SMARTS) is 1. The van der Waals surface area contributed by atoms with Crippen LogP contribution < -0.4 is 5.32 Å². The third-order valence-corrected chi connectivity index (χ3v) is 5.14. The minimum atomic E-state index is -0.872. The van der Waals surface area contributed by atoms with Crippen LogP contribution >= 0.6 is 11.6 Å². The topological polar surface area (TPSA) is 75.6 Å². The quantitative estimate of drug-likeness (QED) is 0.550. The predicted octanol–water partition coefficient (Wildman–Crippen LogP) is 4.76. The molecule has 0 aliphatic carbocycles. The van der Waals surface area contributed by atoms with Gasteiger partial charge in [0.05, 0.1) is 17.0 Å². The van der Waals surface area contributed by atoms with Crippen molar-refractivity contribution in [3.8, 4) is 11.1 Å². The molecule has 154 valence electrons. The van der Waals surface area contributed by atoms with Crippen LogP contribution in [0.15, 0.2) is 66.7 Å². The molecule has 0 spiro atoms. The van der Waals surface area contributed by atoms with Crippen molar-refractivity contribution >= 4 is 23.7 Å². The van der Waals surface area contributed by atoms with E-state index in [1.54, 1.807) is 24.3 Å². The number of hydrogen-bond acceptors (Lipinski definition) is 3. The van der Waals surface area contributed by atoms with Crippen LogP contribution in [-0.2, 0) is 29.1 Å². The maximum absolute atomic E-state index is 12.0. The molecule has 0 saturated heterocycles. The molecule has 0 saturated carbocycles. The zero-order chi connectivity index (χ0) is 21.5. The molecular weight excluding hydrogens is 425 g/mol. The van der Waals surface area contributed by atoms with Crippen molar-refractivity contribution in [2.75, 3.05) is 0 Å². The number of halogens is 2. The fourth-order valence-electron chi connectivity index (χ4n) is 2.94.